The maximum Gasteiger partial charge on any atom is 0.211 e. The Bertz CT molecular complexity index is 4620. The van der Waals surface area contributed by atoms with E-state index in [1.807, 2.05) is 61.5 Å². The number of aromatic nitrogens is 12. The number of aromatic hydroxyl groups is 4. The number of pyridine rings is 4. The Morgan fingerprint density at radius 3 is 0.962 bits per heavy atom. The molecule has 0 aliphatic heterocycles. The van der Waals surface area contributed by atoms with Gasteiger partial charge in [-0.3, -0.25) is 53.0 Å². The molecule has 5 N–H and O–H groups in total. The molecule has 8 aromatic heterocycles. The summed E-state index contributed by atoms with van der Waals surface area (Å²) in [4.78, 5) is 49.6. The van der Waals surface area contributed by atoms with Crippen LogP contribution in [0, 0.1) is 17.5 Å². The summed E-state index contributed by atoms with van der Waals surface area (Å²) >= 11 is 5.78. The molecule has 0 aliphatic rings. The van der Waals surface area contributed by atoms with E-state index in [0.29, 0.717) is 45.4 Å². The molecule has 11 rings (SSSR count). The van der Waals surface area contributed by atoms with Crippen molar-refractivity contribution in [2.75, 3.05) is 0 Å². The fraction of sp³-hybridized carbons (Fsp3) is 0.274. The zero-order chi connectivity index (χ0) is 79.6. The van der Waals surface area contributed by atoms with Gasteiger partial charge in [0.15, 0.2) is 18.9 Å². The lowest BCUT2D eigenvalue weighted by Crippen LogP contribution is -2.08. The van der Waals surface area contributed by atoms with Crippen molar-refractivity contribution in [2.45, 2.75) is 135 Å². The highest BCUT2D eigenvalue weighted by Crippen LogP contribution is 2.34. The molecule has 0 atom stereocenters. The molecule has 0 unspecified atom stereocenters. The van der Waals surface area contributed by atoms with E-state index >= 15 is 0 Å². The standard InChI is InChI=1S/2C19H18FN3O3.C12H14ClN3.C12H15N3O.C7H5FO3.4CH4.Cl2OS.2ClH/c2*1-12(2)23-16(5-7-22-23)19-13(4-3-6-21-19)11-26-18-9-14(20)8-17(25)15(18)10-24;1-9(2)16-11(5-7-15-16)12-10(8-13)4-3-6-14-12;1-9(2)15-11(5-7-14-15)12-10(8-16)4-3-6-13-12;8-4-1-6(10)5(3-9)7(11)2-4;;;;;1-4(2)3;;/h2*3-10,12,25H,11H2,1-2H3;3-7,9H,8H2,1-2H3;3-7,9,16H,8H2,1-2H3;1-3,10-11H;4*1H4;;2*1H/i2*11D2;2*8D2;;;;;;;;. The summed E-state index contributed by atoms with van der Waals surface area (Å²) in [6.45, 7) is 8.30. The van der Waals surface area contributed by atoms with E-state index in [0.717, 1.165) is 42.1 Å². The van der Waals surface area contributed by atoms with Crippen LogP contribution in [0.5, 0.6) is 34.5 Å². The van der Waals surface area contributed by atoms with Gasteiger partial charge < -0.3 is 35.0 Å². The summed E-state index contributed by atoms with van der Waals surface area (Å²) in [5.41, 5.74) is 3.81. The van der Waals surface area contributed by atoms with Gasteiger partial charge in [-0.15, -0.1) is 36.4 Å². The number of halogens is 8. The topological polar surface area (TPSA) is 311 Å². The minimum Gasteiger partial charge on any atom is -0.507 e. The molecule has 0 spiro atoms. The van der Waals surface area contributed by atoms with Crippen LogP contribution in [-0.2, 0) is 34.7 Å². The van der Waals surface area contributed by atoms with Gasteiger partial charge in [-0.25, -0.2) is 17.4 Å². The molecular formula is C73H88Cl5F3N12O11S. The van der Waals surface area contributed by atoms with Gasteiger partial charge in [0.25, 0.3) is 0 Å². The van der Waals surface area contributed by atoms with Crippen LogP contribution in [0.3, 0.4) is 0 Å². The predicted octanol–water partition coefficient (Wildman–Crippen LogP) is 18.3. The number of ether oxygens (including phenoxy) is 2. The lowest BCUT2D eigenvalue weighted by molar-refractivity contribution is 0.110. The van der Waals surface area contributed by atoms with E-state index in [9.17, 15) is 42.9 Å². The number of hydrogen-bond donors (Lipinski definition) is 5. The summed E-state index contributed by atoms with van der Waals surface area (Å²) in [6.07, 6.45) is 13.5. The number of aliphatic hydroxyl groups is 1. The van der Waals surface area contributed by atoms with Crippen molar-refractivity contribution in [3.63, 3.8) is 0 Å². The first-order valence-corrected chi connectivity index (χ1v) is 32.5. The average Bonchev–Trinajstić information content (AvgIpc) is 1.77. The van der Waals surface area contributed by atoms with Crippen molar-refractivity contribution in [3.05, 3.63) is 215 Å². The number of alkyl halides is 1. The summed E-state index contributed by atoms with van der Waals surface area (Å²) in [5.74, 6) is -7.67. The van der Waals surface area contributed by atoms with Gasteiger partial charge in [-0.05, 0) is 109 Å². The van der Waals surface area contributed by atoms with Crippen molar-refractivity contribution in [1.29, 1.82) is 0 Å². The first kappa shape index (κ1) is 80.9. The van der Waals surface area contributed by atoms with Gasteiger partial charge in [0.2, 0.25) is 9.23 Å². The number of nitrogens with zero attached hydrogens (tertiary/aromatic N) is 12. The Labute approximate surface area is 649 Å². The largest absolute Gasteiger partial charge is 0.507 e. The number of carbonyl (C=O) groups is 3. The first-order chi connectivity index (χ1) is 50.2. The third-order valence-electron chi connectivity index (χ3n) is 13.2. The molecule has 32 heteroatoms. The van der Waals surface area contributed by atoms with Gasteiger partial charge >= 0.3 is 0 Å². The lowest BCUT2D eigenvalue weighted by Gasteiger charge is -2.15. The summed E-state index contributed by atoms with van der Waals surface area (Å²) in [6, 6.07) is 24.5. The SMILES string of the molecule is C.C.C.C.Cl.Cl.O=Cc1c(O)cc(F)cc1O.O=S(Cl)Cl.[2H]C([2H])(Cl)c1cccnc1-c1ccnn1C(C)C.[2H]C([2H])(O)c1cccnc1-c1ccnn1C(C)C.[2H]C([2H])(Oc1cc(F)cc(O)c1C=O)c1cccnc1-c1ccnn1C(C)C.[2H]C([2H])(Oc1cc(F)cc(O)c1C=O)c1cccnc1-c1ccnn1C(C)C. The third-order valence-corrected chi connectivity index (χ3v) is 13.4. The van der Waals surface area contributed by atoms with Crippen molar-refractivity contribution in [1.82, 2.24) is 59.1 Å². The normalized spacial score (nSPS) is 11.8. The molecule has 8 heterocycles. The van der Waals surface area contributed by atoms with Crippen LogP contribution in [0.4, 0.5) is 13.2 Å². The van der Waals surface area contributed by atoms with Crippen molar-refractivity contribution < 1.29 is 77.7 Å². The highest BCUT2D eigenvalue weighted by Gasteiger charge is 2.20. The summed E-state index contributed by atoms with van der Waals surface area (Å²) in [7, 11) is 7.36. The number of phenolic OH excluding ortho intramolecular Hbond substituents is 4. The van der Waals surface area contributed by atoms with Gasteiger partial charge in [0.1, 0.15) is 65.1 Å². The average molecular weight is 1580 g/mol. The van der Waals surface area contributed by atoms with Crippen molar-refractivity contribution in [2.24, 2.45) is 0 Å². The molecule has 0 saturated carbocycles. The summed E-state index contributed by atoms with van der Waals surface area (Å²) in [5, 5.41) is 63.6. The molecule has 3 aromatic carbocycles. The van der Waals surface area contributed by atoms with Crippen LogP contribution in [0.25, 0.3) is 45.6 Å². The van der Waals surface area contributed by atoms with Crippen LogP contribution >= 0.6 is 57.8 Å². The maximum atomic E-state index is 13.7. The van der Waals surface area contributed by atoms with Crippen LogP contribution in [0.2, 0.25) is 0 Å². The Balaban J connectivity index is 0.00000139. The van der Waals surface area contributed by atoms with Crippen LogP contribution < -0.4 is 9.47 Å². The Morgan fingerprint density at radius 2 is 0.695 bits per heavy atom. The summed E-state index contributed by atoms with van der Waals surface area (Å²) < 4.78 is 130. The highest BCUT2D eigenvalue weighted by atomic mass is 36.0. The number of aldehydes is 3. The van der Waals surface area contributed by atoms with E-state index in [1.165, 1.54) is 30.6 Å². The molecular weight excluding hydrogens is 1490 g/mol. The Hall–Kier alpha value is -9.74. The molecule has 0 fully saturated rings. The van der Waals surface area contributed by atoms with Gasteiger partial charge in [0, 0.05) is 157 Å². The second kappa shape index (κ2) is 46.9. The molecule has 0 amide bonds. The maximum absolute atomic E-state index is 13.7. The number of phenols is 4. The minimum atomic E-state index is -2.48. The Kier molecular flexibility index (Phi) is 36.1. The van der Waals surface area contributed by atoms with E-state index < -0.39 is 86.7 Å². The van der Waals surface area contributed by atoms with E-state index in [1.54, 1.807) is 104 Å². The second-order valence-corrected chi connectivity index (χ2v) is 24.0. The van der Waals surface area contributed by atoms with Crippen LogP contribution in [0.15, 0.2) is 159 Å². The first-order valence-electron chi connectivity index (χ1n) is 33.3. The molecule has 11 aromatic rings. The molecule has 0 aliphatic carbocycles. The fourth-order valence-corrected chi connectivity index (χ4v) is 9.07. The van der Waals surface area contributed by atoms with Crippen molar-refractivity contribution >= 4 is 85.9 Å². The molecule has 568 valence electrons. The smallest absolute Gasteiger partial charge is 0.211 e. The minimum absolute atomic E-state index is 0. The molecule has 23 nitrogen and oxygen atoms in total. The van der Waals surface area contributed by atoms with E-state index in [2.05, 4.69) is 61.7 Å². The number of hydrogen-bond acceptors (Lipinski definition) is 19. The van der Waals surface area contributed by atoms with Gasteiger partial charge in [0.05, 0.1) is 77.0 Å². The number of benzene rings is 3. The van der Waals surface area contributed by atoms with Crippen LogP contribution in [-0.4, -0.2) is 108 Å². The fourth-order valence-electron chi connectivity index (χ4n) is 8.92. The number of rotatable bonds is 19. The van der Waals surface area contributed by atoms with Crippen molar-refractivity contribution in [3.8, 4) is 80.0 Å². The van der Waals surface area contributed by atoms with Crippen LogP contribution in [0.1, 0.15) is 174 Å². The third kappa shape index (κ3) is 26.4. The van der Waals surface area contributed by atoms with E-state index in [-0.39, 0.29) is 131 Å². The molecule has 0 bridgehead atoms. The van der Waals surface area contributed by atoms with Gasteiger partial charge in [-0.2, -0.15) is 20.4 Å². The Morgan fingerprint density at radius 1 is 0.448 bits per heavy atom. The zero-order valence-corrected chi connectivity index (χ0v) is 59.3. The zero-order valence-electron chi connectivity index (χ0n) is 62.6. The van der Waals surface area contributed by atoms with Gasteiger partial charge in [-0.1, -0.05) is 54.0 Å². The quantitative estimate of drug-likeness (QED) is 0.0285. The molecule has 0 radical (unpaired) electrons. The number of carbonyl (C=O) groups excluding carboxylic acids is 3. The monoisotopic (exact) mass is 1580 g/mol. The predicted molar refractivity (Wildman–Crippen MR) is 411 cm³/mol. The second-order valence-electron chi connectivity index (χ2n) is 21.3. The molecule has 0 saturated heterocycles. The van der Waals surface area contributed by atoms with E-state index in [4.69, 9.17) is 46.5 Å². The lowest BCUT2D eigenvalue weighted by atomic mass is 10.1. The molecule has 105 heavy (non-hydrogen) atoms. The highest BCUT2D eigenvalue weighted by molar-refractivity contribution is 8.26.